The molecule has 2 aromatic carbocycles. The van der Waals surface area contributed by atoms with E-state index in [0.29, 0.717) is 23.7 Å². The summed E-state index contributed by atoms with van der Waals surface area (Å²) in [4.78, 5) is 24.4. The van der Waals surface area contributed by atoms with Crippen molar-refractivity contribution < 1.29 is 19.1 Å². The summed E-state index contributed by atoms with van der Waals surface area (Å²) in [6, 6.07) is 14.4. The van der Waals surface area contributed by atoms with Crippen LogP contribution in [0.15, 0.2) is 48.5 Å². The lowest BCUT2D eigenvalue weighted by atomic mass is 10.3. The quantitative estimate of drug-likeness (QED) is 0.683. The Hall–Kier alpha value is -2.67. The molecular formula is C20H24N2O4S. The zero-order chi connectivity index (χ0) is 19.6. The molecule has 0 unspecified atom stereocenters. The Morgan fingerprint density at radius 2 is 1.78 bits per heavy atom. The molecule has 144 valence electrons. The number of hydrogen-bond donors (Lipinski definition) is 2. The molecule has 0 saturated carbocycles. The van der Waals surface area contributed by atoms with E-state index in [1.807, 2.05) is 19.1 Å². The summed E-state index contributed by atoms with van der Waals surface area (Å²) < 4.78 is 10.6. The molecule has 0 aliphatic carbocycles. The van der Waals surface area contributed by atoms with Crippen molar-refractivity contribution in [1.29, 1.82) is 0 Å². The van der Waals surface area contributed by atoms with E-state index in [1.165, 1.54) is 11.8 Å². The summed E-state index contributed by atoms with van der Waals surface area (Å²) in [6.45, 7) is 4.28. The highest BCUT2D eigenvalue weighted by Crippen LogP contribution is 2.23. The number of para-hydroxylation sites is 2. The van der Waals surface area contributed by atoms with Crippen LogP contribution in [-0.2, 0) is 9.59 Å². The van der Waals surface area contributed by atoms with Gasteiger partial charge in [0.2, 0.25) is 11.8 Å². The van der Waals surface area contributed by atoms with E-state index >= 15 is 0 Å². The molecule has 6 nitrogen and oxygen atoms in total. The van der Waals surface area contributed by atoms with Crippen LogP contribution in [0.25, 0.3) is 0 Å². The van der Waals surface area contributed by atoms with E-state index in [9.17, 15) is 9.59 Å². The monoisotopic (exact) mass is 388 g/mol. The van der Waals surface area contributed by atoms with Gasteiger partial charge in [-0.1, -0.05) is 12.1 Å². The van der Waals surface area contributed by atoms with Gasteiger partial charge in [0.25, 0.3) is 0 Å². The highest BCUT2D eigenvalue weighted by Gasteiger charge is 2.16. The highest BCUT2D eigenvalue weighted by atomic mass is 32.2. The Labute approximate surface area is 163 Å². The van der Waals surface area contributed by atoms with Gasteiger partial charge in [0.1, 0.15) is 11.5 Å². The molecule has 7 heteroatoms. The molecule has 0 saturated heterocycles. The summed E-state index contributed by atoms with van der Waals surface area (Å²) in [5.41, 5.74) is 1.30. The Morgan fingerprint density at radius 3 is 2.44 bits per heavy atom. The number of ether oxygens (including phenoxy) is 2. The minimum atomic E-state index is -0.375. The number of nitrogens with one attached hydrogen (secondary N) is 2. The second kappa shape index (κ2) is 10.5. The van der Waals surface area contributed by atoms with E-state index in [2.05, 4.69) is 10.6 Å². The number of hydrogen-bond acceptors (Lipinski definition) is 5. The lowest BCUT2D eigenvalue weighted by Crippen LogP contribution is -2.25. The van der Waals surface area contributed by atoms with Crippen molar-refractivity contribution in [3.8, 4) is 11.5 Å². The van der Waals surface area contributed by atoms with Crippen LogP contribution in [0.2, 0.25) is 0 Å². The first-order valence-electron chi connectivity index (χ1n) is 8.61. The lowest BCUT2D eigenvalue weighted by Gasteiger charge is -2.13. The van der Waals surface area contributed by atoms with Crippen LogP contribution < -0.4 is 20.1 Å². The summed E-state index contributed by atoms with van der Waals surface area (Å²) >= 11 is 1.27. The van der Waals surface area contributed by atoms with Gasteiger partial charge in [0, 0.05) is 5.69 Å². The summed E-state index contributed by atoms with van der Waals surface area (Å²) in [6.07, 6.45) is 0. The molecule has 1 atom stereocenters. The fourth-order valence-electron chi connectivity index (χ4n) is 2.26. The molecule has 0 heterocycles. The molecule has 0 aliphatic rings. The maximum absolute atomic E-state index is 12.3. The molecule has 2 amide bonds. The van der Waals surface area contributed by atoms with Gasteiger partial charge >= 0.3 is 0 Å². The van der Waals surface area contributed by atoms with Gasteiger partial charge in [-0.05, 0) is 50.2 Å². The third-order valence-electron chi connectivity index (χ3n) is 3.65. The van der Waals surface area contributed by atoms with Crippen molar-refractivity contribution in [2.75, 3.05) is 30.1 Å². The van der Waals surface area contributed by atoms with Gasteiger partial charge in [0.15, 0.2) is 0 Å². The third kappa shape index (κ3) is 6.53. The number of thioether (sulfide) groups is 1. The minimum absolute atomic E-state index is 0.158. The predicted molar refractivity (Wildman–Crippen MR) is 110 cm³/mol. The molecule has 0 radical (unpaired) electrons. The number of anilines is 2. The first-order valence-corrected chi connectivity index (χ1v) is 9.66. The number of carbonyl (C=O) groups is 2. The SMILES string of the molecule is CCOc1ccc(NC(=O)[C@@H](C)SCC(=O)Nc2ccccc2OC)cc1. The average molecular weight is 388 g/mol. The normalized spacial score (nSPS) is 11.4. The van der Waals surface area contributed by atoms with Crippen molar-refractivity contribution in [3.63, 3.8) is 0 Å². The molecule has 0 spiro atoms. The zero-order valence-corrected chi connectivity index (χ0v) is 16.5. The van der Waals surface area contributed by atoms with Gasteiger partial charge < -0.3 is 20.1 Å². The average Bonchev–Trinajstić information content (AvgIpc) is 2.68. The molecular weight excluding hydrogens is 364 g/mol. The van der Waals surface area contributed by atoms with Crippen LogP contribution >= 0.6 is 11.8 Å². The van der Waals surface area contributed by atoms with E-state index in [0.717, 1.165) is 5.75 Å². The first kappa shape index (κ1) is 20.6. The van der Waals surface area contributed by atoms with E-state index in [1.54, 1.807) is 50.4 Å². The van der Waals surface area contributed by atoms with Crippen molar-refractivity contribution in [2.45, 2.75) is 19.1 Å². The molecule has 2 N–H and O–H groups in total. The van der Waals surface area contributed by atoms with Crippen molar-refractivity contribution in [2.24, 2.45) is 0 Å². The lowest BCUT2D eigenvalue weighted by molar-refractivity contribution is -0.115. The first-order chi connectivity index (χ1) is 13.0. The molecule has 0 fully saturated rings. The van der Waals surface area contributed by atoms with Crippen LogP contribution in [0.1, 0.15) is 13.8 Å². The van der Waals surface area contributed by atoms with Crippen LogP contribution in [0.3, 0.4) is 0 Å². The number of amides is 2. The Kier molecular flexibility index (Phi) is 8.00. The predicted octanol–water partition coefficient (Wildman–Crippen LogP) is 3.79. The van der Waals surface area contributed by atoms with Crippen LogP contribution in [0.5, 0.6) is 11.5 Å². The highest BCUT2D eigenvalue weighted by molar-refractivity contribution is 8.01. The number of rotatable bonds is 9. The maximum Gasteiger partial charge on any atom is 0.237 e. The van der Waals surface area contributed by atoms with Crippen molar-refractivity contribution >= 4 is 35.0 Å². The Morgan fingerprint density at radius 1 is 1.07 bits per heavy atom. The minimum Gasteiger partial charge on any atom is -0.495 e. The van der Waals surface area contributed by atoms with E-state index < -0.39 is 0 Å². The van der Waals surface area contributed by atoms with Gasteiger partial charge in [-0.3, -0.25) is 9.59 Å². The largest absolute Gasteiger partial charge is 0.495 e. The van der Waals surface area contributed by atoms with Gasteiger partial charge in [0.05, 0.1) is 30.4 Å². The number of methoxy groups -OCH3 is 1. The fourth-order valence-corrected chi connectivity index (χ4v) is 2.94. The third-order valence-corrected chi connectivity index (χ3v) is 4.79. The second-order valence-electron chi connectivity index (χ2n) is 5.65. The molecule has 0 bridgehead atoms. The maximum atomic E-state index is 12.3. The standard InChI is InChI=1S/C20H24N2O4S/c1-4-26-16-11-9-15(10-12-16)21-20(24)14(2)27-13-19(23)22-17-7-5-6-8-18(17)25-3/h5-12,14H,4,13H2,1-3H3,(H,21,24)(H,22,23)/t14-/m1/s1. The van der Waals surface area contributed by atoms with Crippen LogP contribution in [-0.4, -0.2) is 36.5 Å². The van der Waals surface area contributed by atoms with E-state index in [-0.39, 0.29) is 22.8 Å². The van der Waals surface area contributed by atoms with Crippen LogP contribution in [0.4, 0.5) is 11.4 Å². The summed E-state index contributed by atoms with van der Waals surface area (Å²) in [5.74, 6) is 1.16. The molecule has 2 rings (SSSR count). The number of benzene rings is 2. The smallest absolute Gasteiger partial charge is 0.237 e. The van der Waals surface area contributed by atoms with Crippen molar-refractivity contribution in [1.82, 2.24) is 0 Å². The van der Waals surface area contributed by atoms with Crippen LogP contribution in [0, 0.1) is 0 Å². The second-order valence-corrected chi connectivity index (χ2v) is 6.98. The van der Waals surface area contributed by atoms with E-state index in [4.69, 9.17) is 9.47 Å². The number of carbonyl (C=O) groups excluding carboxylic acids is 2. The summed E-state index contributed by atoms with van der Waals surface area (Å²) in [7, 11) is 1.55. The molecule has 2 aromatic rings. The molecule has 27 heavy (non-hydrogen) atoms. The van der Waals surface area contributed by atoms with Gasteiger partial charge in [-0.25, -0.2) is 0 Å². The fraction of sp³-hybridized carbons (Fsp3) is 0.300. The topological polar surface area (TPSA) is 76.7 Å². The zero-order valence-electron chi connectivity index (χ0n) is 15.7. The van der Waals surface area contributed by atoms with Crippen molar-refractivity contribution in [3.05, 3.63) is 48.5 Å². The van der Waals surface area contributed by atoms with Gasteiger partial charge in [-0.2, -0.15) is 0 Å². The Balaban J connectivity index is 1.81. The molecule has 0 aliphatic heterocycles. The van der Waals surface area contributed by atoms with Gasteiger partial charge in [-0.15, -0.1) is 11.8 Å². The Bertz CT molecular complexity index is 765. The molecule has 0 aromatic heterocycles. The summed E-state index contributed by atoms with van der Waals surface area (Å²) in [5, 5.41) is 5.25.